The Kier molecular flexibility index (Phi) is 3.14. The summed E-state index contributed by atoms with van der Waals surface area (Å²) in [6, 6.07) is 8.18. The van der Waals surface area contributed by atoms with Gasteiger partial charge in [-0.15, -0.1) is 11.6 Å². The molecule has 0 N–H and O–H groups in total. The molecule has 5 heteroatoms. The number of anilines is 1. The molecule has 18 heavy (non-hydrogen) atoms. The van der Waals surface area contributed by atoms with Crippen LogP contribution in [0.4, 0.5) is 5.95 Å². The Labute approximate surface area is 111 Å². The fourth-order valence-electron chi connectivity index (χ4n) is 2.41. The van der Waals surface area contributed by atoms with Crippen molar-refractivity contribution in [3.63, 3.8) is 0 Å². The maximum atomic E-state index is 5.87. The van der Waals surface area contributed by atoms with Gasteiger partial charge >= 0.3 is 0 Å². The molecule has 1 aromatic carbocycles. The summed E-state index contributed by atoms with van der Waals surface area (Å²) in [7, 11) is 2.05. The standard InChI is InChI=1S/C13H16ClN3O/c1-16-12-5-3-2-4-11(12)15-13(16)17-6-7-18-10(8-14)9-17/h2-5,10H,6-9H2,1H3. The smallest absolute Gasteiger partial charge is 0.206 e. The second kappa shape index (κ2) is 4.78. The van der Waals surface area contributed by atoms with Crippen molar-refractivity contribution in [2.24, 2.45) is 7.05 Å². The Balaban J connectivity index is 1.96. The Morgan fingerprint density at radius 3 is 3.06 bits per heavy atom. The third-order valence-corrected chi connectivity index (χ3v) is 3.70. The van der Waals surface area contributed by atoms with Crippen LogP contribution in [0.25, 0.3) is 11.0 Å². The number of fused-ring (bicyclic) bond motifs is 1. The van der Waals surface area contributed by atoms with Gasteiger partial charge in [-0.25, -0.2) is 4.98 Å². The van der Waals surface area contributed by atoms with E-state index in [1.54, 1.807) is 0 Å². The molecule has 0 radical (unpaired) electrons. The van der Waals surface area contributed by atoms with Crippen molar-refractivity contribution in [1.82, 2.24) is 9.55 Å². The first-order valence-electron chi connectivity index (χ1n) is 6.13. The summed E-state index contributed by atoms with van der Waals surface area (Å²) in [5.74, 6) is 1.52. The van der Waals surface area contributed by atoms with Crippen LogP contribution in [0.2, 0.25) is 0 Å². The number of alkyl halides is 1. The first-order chi connectivity index (χ1) is 8.79. The van der Waals surface area contributed by atoms with Gasteiger partial charge in [0.05, 0.1) is 29.6 Å². The third kappa shape index (κ3) is 1.95. The highest BCUT2D eigenvalue weighted by Crippen LogP contribution is 2.22. The molecule has 1 unspecified atom stereocenters. The fraction of sp³-hybridized carbons (Fsp3) is 0.462. The predicted molar refractivity (Wildman–Crippen MR) is 73.4 cm³/mol. The number of aromatic nitrogens is 2. The van der Waals surface area contributed by atoms with Crippen molar-refractivity contribution in [2.45, 2.75) is 6.10 Å². The molecule has 4 nitrogen and oxygen atoms in total. The summed E-state index contributed by atoms with van der Waals surface area (Å²) >= 11 is 5.87. The molecule has 0 aliphatic carbocycles. The number of rotatable bonds is 2. The van der Waals surface area contributed by atoms with Crippen LogP contribution in [0.5, 0.6) is 0 Å². The van der Waals surface area contributed by atoms with Crippen molar-refractivity contribution in [2.75, 3.05) is 30.5 Å². The van der Waals surface area contributed by atoms with Gasteiger partial charge in [0.2, 0.25) is 5.95 Å². The Bertz CT molecular complexity index is 554. The van der Waals surface area contributed by atoms with E-state index < -0.39 is 0 Å². The summed E-state index contributed by atoms with van der Waals surface area (Å²) in [4.78, 5) is 6.94. The van der Waals surface area contributed by atoms with Crippen LogP contribution in [0.3, 0.4) is 0 Å². The van der Waals surface area contributed by atoms with Gasteiger partial charge in [0, 0.05) is 20.1 Å². The number of hydrogen-bond donors (Lipinski definition) is 0. The molecule has 2 heterocycles. The molecule has 1 aromatic heterocycles. The summed E-state index contributed by atoms with van der Waals surface area (Å²) in [6.07, 6.45) is 0.0974. The fourth-order valence-corrected chi connectivity index (χ4v) is 2.60. The maximum absolute atomic E-state index is 5.87. The number of nitrogens with zero attached hydrogens (tertiary/aromatic N) is 3. The van der Waals surface area contributed by atoms with E-state index in [2.05, 4.69) is 22.6 Å². The van der Waals surface area contributed by atoms with E-state index in [4.69, 9.17) is 21.3 Å². The monoisotopic (exact) mass is 265 g/mol. The molecule has 1 saturated heterocycles. The van der Waals surface area contributed by atoms with E-state index in [9.17, 15) is 0 Å². The average molecular weight is 266 g/mol. The van der Waals surface area contributed by atoms with Crippen molar-refractivity contribution in [1.29, 1.82) is 0 Å². The van der Waals surface area contributed by atoms with Gasteiger partial charge in [-0.05, 0) is 12.1 Å². The van der Waals surface area contributed by atoms with Crippen molar-refractivity contribution >= 4 is 28.6 Å². The second-order valence-electron chi connectivity index (χ2n) is 4.55. The molecule has 0 spiro atoms. The predicted octanol–water partition coefficient (Wildman–Crippen LogP) is 2.02. The number of imidazole rings is 1. The van der Waals surface area contributed by atoms with Gasteiger partial charge in [0.15, 0.2) is 0 Å². The van der Waals surface area contributed by atoms with Crippen LogP contribution >= 0.6 is 11.6 Å². The number of para-hydroxylation sites is 2. The number of aryl methyl sites for hydroxylation is 1. The zero-order valence-corrected chi connectivity index (χ0v) is 11.1. The van der Waals surface area contributed by atoms with E-state index >= 15 is 0 Å². The van der Waals surface area contributed by atoms with E-state index in [0.29, 0.717) is 12.5 Å². The van der Waals surface area contributed by atoms with E-state index in [-0.39, 0.29) is 6.10 Å². The third-order valence-electron chi connectivity index (χ3n) is 3.36. The molecule has 3 rings (SSSR count). The van der Waals surface area contributed by atoms with E-state index in [0.717, 1.165) is 30.1 Å². The van der Waals surface area contributed by atoms with Gasteiger partial charge in [0.1, 0.15) is 0 Å². The molecule has 1 fully saturated rings. The van der Waals surface area contributed by atoms with Gasteiger partial charge < -0.3 is 14.2 Å². The Morgan fingerprint density at radius 2 is 2.28 bits per heavy atom. The highest BCUT2D eigenvalue weighted by atomic mass is 35.5. The minimum Gasteiger partial charge on any atom is -0.373 e. The highest BCUT2D eigenvalue weighted by molar-refractivity contribution is 6.18. The van der Waals surface area contributed by atoms with Gasteiger partial charge in [-0.3, -0.25) is 0 Å². The van der Waals surface area contributed by atoms with E-state index in [1.165, 1.54) is 0 Å². The normalized spacial score (nSPS) is 20.6. The Morgan fingerprint density at radius 1 is 1.44 bits per heavy atom. The van der Waals surface area contributed by atoms with Crippen molar-refractivity contribution < 1.29 is 4.74 Å². The minimum atomic E-state index is 0.0974. The molecule has 0 amide bonds. The van der Waals surface area contributed by atoms with Crippen molar-refractivity contribution in [3.05, 3.63) is 24.3 Å². The maximum Gasteiger partial charge on any atom is 0.206 e. The molecule has 0 saturated carbocycles. The highest BCUT2D eigenvalue weighted by Gasteiger charge is 2.23. The van der Waals surface area contributed by atoms with Crippen LogP contribution in [0.1, 0.15) is 0 Å². The minimum absolute atomic E-state index is 0.0974. The number of halogens is 1. The SMILES string of the molecule is Cn1c(N2CCOC(CCl)C2)nc2ccccc21. The van der Waals surface area contributed by atoms with Gasteiger partial charge in [-0.2, -0.15) is 0 Å². The summed E-state index contributed by atoms with van der Waals surface area (Å²) in [5, 5.41) is 0. The lowest BCUT2D eigenvalue weighted by molar-refractivity contribution is 0.0547. The number of ether oxygens (including phenoxy) is 1. The molecule has 1 aliphatic heterocycles. The Hall–Kier alpha value is -1.26. The summed E-state index contributed by atoms with van der Waals surface area (Å²) in [5.41, 5.74) is 2.19. The van der Waals surface area contributed by atoms with Gasteiger partial charge in [-0.1, -0.05) is 12.1 Å². The number of morpholine rings is 1. The lowest BCUT2D eigenvalue weighted by atomic mass is 10.3. The van der Waals surface area contributed by atoms with Crippen LogP contribution < -0.4 is 4.90 Å². The second-order valence-corrected chi connectivity index (χ2v) is 4.86. The van der Waals surface area contributed by atoms with Crippen LogP contribution in [-0.2, 0) is 11.8 Å². The molecular weight excluding hydrogens is 250 g/mol. The lowest BCUT2D eigenvalue weighted by Crippen LogP contribution is -2.44. The first-order valence-corrected chi connectivity index (χ1v) is 6.67. The molecule has 96 valence electrons. The van der Waals surface area contributed by atoms with Crippen LogP contribution in [-0.4, -0.2) is 41.2 Å². The quantitative estimate of drug-likeness (QED) is 0.779. The molecular formula is C13H16ClN3O. The van der Waals surface area contributed by atoms with Gasteiger partial charge in [0.25, 0.3) is 0 Å². The molecule has 2 aromatic rings. The molecule has 0 bridgehead atoms. The first kappa shape index (κ1) is 11.8. The van der Waals surface area contributed by atoms with E-state index in [1.807, 2.05) is 18.2 Å². The zero-order valence-electron chi connectivity index (χ0n) is 10.3. The number of benzene rings is 1. The topological polar surface area (TPSA) is 30.3 Å². The largest absolute Gasteiger partial charge is 0.373 e. The number of hydrogen-bond acceptors (Lipinski definition) is 3. The summed E-state index contributed by atoms with van der Waals surface area (Å²) in [6.45, 7) is 2.38. The average Bonchev–Trinajstić information content (AvgIpc) is 2.77. The summed E-state index contributed by atoms with van der Waals surface area (Å²) < 4.78 is 7.71. The molecule has 1 aliphatic rings. The van der Waals surface area contributed by atoms with Crippen molar-refractivity contribution in [3.8, 4) is 0 Å². The van der Waals surface area contributed by atoms with Crippen LogP contribution in [0, 0.1) is 0 Å². The molecule has 1 atom stereocenters. The zero-order chi connectivity index (χ0) is 12.5. The van der Waals surface area contributed by atoms with Crippen LogP contribution in [0.15, 0.2) is 24.3 Å². The lowest BCUT2D eigenvalue weighted by Gasteiger charge is -2.32.